The van der Waals surface area contributed by atoms with Crippen molar-refractivity contribution in [2.24, 2.45) is 0 Å². The lowest BCUT2D eigenvalue weighted by atomic mass is 10.2. The van der Waals surface area contributed by atoms with E-state index in [9.17, 15) is 9.18 Å². The number of ether oxygens (including phenoxy) is 1. The van der Waals surface area contributed by atoms with Crippen molar-refractivity contribution in [2.45, 2.75) is 32.7 Å². The number of nitrogens with one attached hydrogen (secondary N) is 1. The number of likely N-dealkylation sites (tertiary alicyclic amines) is 1. The summed E-state index contributed by atoms with van der Waals surface area (Å²) in [6, 6.07) is 3.84. The molecule has 0 aliphatic carbocycles. The minimum atomic E-state index is -1.29. The van der Waals surface area contributed by atoms with Crippen molar-refractivity contribution >= 4 is 39.1 Å². The van der Waals surface area contributed by atoms with Gasteiger partial charge in [-0.1, -0.05) is 6.58 Å². The number of alkyl halides is 1. The fraction of sp³-hybridized carbons (Fsp3) is 0.350. The molecule has 1 N–H and O–H groups in total. The van der Waals surface area contributed by atoms with Crippen LogP contribution < -0.4 is 10.1 Å². The van der Waals surface area contributed by atoms with Gasteiger partial charge in [0.2, 0.25) is 11.8 Å². The molecule has 0 radical (unpaired) electrons. The third-order valence-corrected chi connectivity index (χ3v) is 5.71. The highest BCUT2D eigenvalue weighted by molar-refractivity contribution is 7.15. The molecule has 1 aliphatic rings. The maximum atomic E-state index is 14.5. The van der Waals surface area contributed by atoms with Gasteiger partial charge in [0.25, 0.3) is 0 Å². The molecule has 4 rings (SSSR count). The molecule has 0 saturated carbocycles. The standard InChI is InChI=1S/C20H22FN5O2S/c1-4-18(27)26-10-14(21)16(11-26)28-19-13-6-7-25(5-2)15(13)8-17(23-19)24-20-22-9-12(3)29-20/h4,6-9,14,16H,1,5,10-11H2,2-3H3,(H,22,23,24)/t14-,16-/m1/s1. The summed E-state index contributed by atoms with van der Waals surface area (Å²) >= 11 is 1.52. The highest BCUT2D eigenvalue weighted by atomic mass is 32.1. The van der Waals surface area contributed by atoms with Gasteiger partial charge in [0.05, 0.1) is 24.0 Å². The summed E-state index contributed by atoms with van der Waals surface area (Å²) in [6.07, 6.45) is 2.85. The topological polar surface area (TPSA) is 72.3 Å². The Bertz CT molecular complexity index is 1060. The summed E-state index contributed by atoms with van der Waals surface area (Å²) in [5.41, 5.74) is 0.931. The van der Waals surface area contributed by atoms with Crippen LogP contribution in [0.5, 0.6) is 5.88 Å². The Balaban J connectivity index is 1.66. The first-order chi connectivity index (χ1) is 14.0. The van der Waals surface area contributed by atoms with Crippen LogP contribution in [0.1, 0.15) is 11.8 Å². The first-order valence-corrected chi connectivity index (χ1v) is 10.2. The first-order valence-electron chi connectivity index (χ1n) is 9.40. The molecule has 1 fully saturated rings. The van der Waals surface area contributed by atoms with Gasteiger partial charge >= 0.3 is 0 Å². The molecule has 3 aromatic heterocycles. The second-order valence-corrected chi connectivity index (χ2v) is 8.10. The Kier molecular flexibility index (Phi) is 5.23. The zero-order valence-corrected chi connectivity index (χ0v) is 17.1. The third kappa shape index (κ3) is 3.82. The van der Waals surface area contributed by atoms with Crippen LogP contribution in [-0.4, -0.2) is 50.7 Å². The van der Waals surface area contributed by atoms with Gasteiger partial charge in [0, 0.05) is 29.9 Å². The monoisotopic (exact) mass is 415 g/mol. The van der Waals surface area contributed by atoms with E-state index in [0.717, 1.165) is 27.5 Å². The van der Waals surface area contributed by atoms with Crippen LogP contribution in [0.25, 0.3) is 10.9 Å². The van der Waals surface area contributed by atoms with E-state index in [-0.39, 0.29) is 19.0 Å². The number of carbonyl (C=O) groups excluding carboxylic acids is 1. The lowest BCUT2D eigenvalue weighted by Crippen LogP contribution is -2.30. The molecule has 1 amide bonds. The molecule has 1 saturated heterocycles. The summed E-state index contributed by atoms with van der Waals surface area (Å²) in [7, 11) is 0. The van der Waals surface area contributed by atoms with E-state index in [1.807, 2.05) is 32.2 Å². The second-order valence-electron chi connectivity index (χ2n) is 6.87. The Morgan fingerprint density at radius 2 is 2.34 bits per heavy atom. The van der Waals surface area contributed by atoms with Gasteiger partial charge in [-0.25, -0.2) is 9.37 Å². The van der Waals surface area contributed by atoms with Crippen molar-refractivity contribution < 1.29 is 13.9 Å². The zero-order valence-electron chi connectivity index (χ0n) is 16.3. The Morgan fingerprint density at radius 3 is 3.03 bits per heavy atom. The average molecular weight is 415 g/mol. The minimum Gasteiger partial charge on any atom is -0.469 e. The van der Waals surface area contributed by atoms with Crippen LogP contribution in [0.4, 0.5) is 15.3 Å². The lowest BCUT2D eigenvalue weighted by Gasteiger charge is -2.17. The van der Waals surface area contributed by atoms with Crippen LogP contribution in [0, 0.1) is 6.92 Å². The van der Waals surface area contributed by atoms with Crippen molar-refractivity contribution in [1.82, 2.24) is 19.4 Å². The SMILES string of the molecule is C=CC(=O)N1C[C@@H](F)[C@H](Oc2nc(Nc3ncc(C)s3)cc3c2ccn3CC)C1. The average Bonchev–Trinajstić information content (AvgIpc) is 3.40. The molecule has 2 atom stereocenters. The molecule has 3 aromatic rings. The normalized spacial score (nSPS) is 18.9. The quantitative estimate of drug-likeness (QED) is 0.622. The number of pyridine rings is 1. The molecule has 0 spiro atoms. The van der Waals surface area contributed by atoms with Crippen molar-refractivity contribution in [3.63, 3.8) is 0 Å². The summed E-state index contributed by atoms with van der Waals surface area (Å²) in [5, 5.41) is 4.73. The van der Waals surface area contributed by atoms with Crippen LogP contribution in [-0.2, 0) is 11.3 Å². The number of nitrogens with zero attached hydrogens (tertiary/aromatic N) is 4. The molecule has 1 aliphatic heterocycles. The fourth-order valence-electron chi connectivity index (χ4n) is 3.41. The molecule has 9 heteroatoms. The molecular weight excluding hydrogens is 393 g/mol. The Hall–Kier alpha value is -2.94. The largest absolute Gasteiger partial charge is 0.469 e. The molecule has 4 heterocycles. The molecule has 0 unspecified atom stereocenters. The zero-order chi connectivity index (χ0) is 20.5. The number of hydrogen-bond acceptors (Lipinski definition) is 6. The van der Waals surface area contributed by atoms with Gasteiger partial charge in [0.15, 0.2) is 17.4 Å². The predicted molar refractivity (Wildman–Crippen MR) is 112 cm³/mol. The highest BCUT2D eigenvalue weighted by Crippen LogP contribution is 2.32. The Labute approximate surface area is 171 Å². The molecular formula is C20H22FN5O2S. The van der Waals surface area contributed by atoms with Gasteiger partial charge < -0.3 is 19.5 Å². The molecule has 29 heavy (non-hydrogen) atoms. The van der Waals surface area contributed by atoms with Gasteiger partial charge in [-0.05, 0) is 26.0 Å². The van der Waals surface area contributed by atoms with Gasteiger partial charge in [-0.3, -0.25) is 4.79 Å². The van der Waals surface area contributed by atoms with Crippen LogP contribution in [0.15, 0.2) is 37.2 Å². The van der Waals surface area contributed by atoms with Crippen molar-refractivity contribution in [2.75, 3.05) is 18.4 Å². The number of aryl methyl sites for hydroxylation is 2. The van der Waals surface area contributed by atoms with Crippen molar-refractivity contribution in [3.8, 4) is 5.88 Å². The first kappa shape index (κ1) is 19.4. The van der Waals surface area contributed by atoms with E-state index in [0.29, 0.717) is 11.7 Å². The number of aromatic nitrogens is 3. The molecule has 152 valence electrons. The summed E-state index contributed by atoms with van der Waals surface area (Å²) in [6.45, 7) is 8.42. The molecule has 0 bridgehead atoms. The number of carbonyl (C=O) groups is 1. The molecule has 7 nitrogen and oxygen atoms in total. The second kappa shape index (κ2) is 7.82. The fourth-order valence-corrected chi connectivity index (χ4v) is 4.08. The summed E-state index contributed by atoms with van der Waals surface area (Å²) in [4.78, 5) is 23.2. The van der Waals surface area contributed by atoms with E-state index in [1.165, 1.54) is 22.3 Å². The van der Waals surface area contributed by atoms with Crippen LogP contribution >= 0.6 is 11.3 Å². The van der Waals surface area contributed by atoms with Gasteiger partial charge in [-0.2, -0.15) is 4.98 Å². The van der Waals surface area contributed by atoms with E-state index in [1.54, 1.807) is 6.20 Å². The summed E-state index contributed by atoms with van der Waals surface area (Å²) in [5.74, 6) is 0.609. The van der Waals surface area contributed by atoms with Gasteiger partial charge in [0.1, 0.15) is 5.82 Å². The number of rotatable bonds is 6. The maximum Gasteiger partial charge on any atom is 0.246 e. The number of hydrogen-bond donors (Lipinski definition) is 1. The number of amides is 1. The van der Waals surface area contributed by atoms with E-state index < -0.39 is 12.3 Å². The third-order valence-electron chi connectivity index (χ3n) is 4.88. The van der Waals surface area contributed by atoms with Crippen molar-refractivity contribution in [1.29, 1.82) is 0 Å². The highest BCUT2D eigenvalue weighted by Gasteiger charge is 2.37. The van der Waals surface area contributed by atoms with Crippen molar-refractivity contribution in [3.05, 3.63) is 42.1 Å². The predicted octanol–water partition coefficient (Wildman–Crippen LogP) is 3.68. The lowest BCUT2D eigenvalue weighted by molar-refractivity contribution is -0.125. The number of anilines is 2. The smallest absolute Gasteiger partial charge is 0.246 e. The number of thiazole rings is 1. The Morgan fingerprint density at radius 1 is 1.52 bits per heavy atom. The van der Waals surface area contributed by atoms with Gasteiger partial charge in [-0.15, -0.1) is 11.3 Å². The minimum absolute atomic E-state index is 0.00896. The van der Waals surface area contributed by atoms with E-state index in [4.69, 9.17) is 4.74 Å². The van der Waals surface area contributed by atoms with Crippen LogP contribution in [0.3, 0.4) is 0 Å². The maximum absolute atomic E-state index is 14.5. The number of halogens is 1. The summed E-state index contributed by atoms with van der Waals surface area (Å²) < 4.78 is 22.6. The van der Waals surface area contributed by atoms with E-state index in [2.05, 4.69) is 26.4 Å². The molecule has 0 aromatic carbocycles. The number of fused-ring (bicyclic) bond motifs is 1. The van der Waals surface area contributed by atoms with Crippen LogP contribution in [0.2, 0.25) is 0 Å². The van der Waals surface area contributed by atoms with E-state index >= 15 is 0 Å².